The lowest BCUT2D eigenvalue weighted by molar-refractivity contribution is -0.185. The van der Waals surface area contributed by atoms with Crippen LogP contribution >= 0.6 is 0 Å². The maximum atomic E-state index is 14.6. The SMILES string of the molecule is Nc1cc(N)cc(C(=O)OCCCCCCOC(=O)C=Cc2ccc(OC(F)(F)c3ccc(CCC(F)(F)F)cc3)cc2)c1. The second-order valence-corrected chi connectivity index (χ2v) is 9.94. The summed E-state index contributed by atoms with van der Waals surface area (Å²) in [6.07, 6.45) is -3.91. The summed E-state index contributed by atoms with van der Waals surface area (Å²) < 4.78 is 81.4. The zero-order valence-corrected chi connectivity index (χ0v) is 23.7. The summed E-state index contributed by atoms with van der Waals surface area (Å²) in [5.41, 5.74) is 12.7. The van der Waals surface area contributed by atoms with Crippen LogP contribution in [0, 0.1) is 0 Å². The molecule has 4 N–H and O–H groups in total. The molecule has 7 nitrogen and oxygen atoms in total. The van der Waals surface area contributed by atoms with Crippen molar-refractivity contribution in [1.82, 2.24) is 0 Å². The Bertz CT molecular complexity index is 1390. The van der Waals surface area contributed by atoms with Crippen molar-refractivity contribution in [3.8, 4) is 5.75 Å². The number of ether oxygens (including phenoxy) is 3. The van der Waals surface area contributed by atoms with Crippen LogP contribution in [-0.2, 0) is 26.8 Å². The maximum Gasteiger partial charge on any atom is 0.426 e. The van der Waals surface area contributed by atoms with Crippen molar-refractivity contribution in [1.29, 1.82) is 0 Å². The summed E-state index contributed by atoms with van der Waals surface area (Å²) in [5, 5.41) is 0. The van der Waals surface area contributed by atoms with Gasteiger partial charge in [-0.05, 0) is 91.8 Å². The van der Waals surface area contributed by atoms with E-state index in [1.165, 1.54) is 60.7 Å². The molecule has 3 rings (SSSR count). The molecule has 0 saturated heterocycles. The smallest absolute Gasteiger partial charge is 0.426 e. The van der Waals surface area contributed by atoms with E-state index < -0.39 is 36.2 Å². The van der Waals surface area contributed by atoms with Crippen LogP contribution in [-0.4, -0.2) is 31.3 Å². The predicted molar refractivity (Wildman–Crippen MR) is 156 cm³/mol. The van der Waals surface area contributed by atoms with E-state index in [-0.39, 0.29) is 30.9 Å². The zero-order valence-electron chi connectivity index (χ0n) is 23.7. The highest BCUT2D eigenvalue weighted by Crippen LogP contribution is 2.32. The number of hydrogen-bond acceptors (Lipinski definition) is 7. The Kier molecular flexibility index (Phi) is 12.1. The van der Waals surface area contributed by atoms with E-state index in [1.807, 2.05) is 0 Å². The van der Waals surface area contributed by atoms with Crippen LogP contribution in [0.3, 0.4) is 0 Å². The van der Waals surface area contributed by atoms with Crippen molar-refractivity contribution >= 4 is 29.4 Å². The number of nitrogen functional groups attached to an aromatic ring is 2. The first-order valence-corrected chi connectivity index (χ1v) is 13.8. The highest BCUT2D eigenvalue weighted by Gasteiger charge is 2.34. The lowest BCUT2D eigenvalue weighted by Gasteiger charge is -2.18. The highest BCUT2D eigenvalue weighted by molar-refractivity contribution is 5.91. The van der Waals surface area contributed by atoms with Gasteiger partial charge in [0.2, 0.25) is 0 Å². The first-order valence-electron chi connectivity index (χ1n) is 13.8. The van der Waals surface area contributed by atoms with Crippen molar-refractivity contribution in [2.24, 2.45) is 0 Å². The number of rotatable bonds is 15. The number of benzene rings is 3. The van der Waals surface area contributed by atoms with Gasteiger partial charge in [-0.25, -0.2) is 9.59 Å². The van der Waals surface area contributed by atoms with Crippen LogP contribution in [0.4, 0.5) is 33.3 Å². The first kappa shape index (κ1) is 33.9. The lowest BCUT2D eigenvalue weighted by Crippen LogP contribution is -2.21. The van der Waals surface area contributed by atoms with E-state index >= 15 is 0 Å². The fourth-order valence-corrected chi connectivity index (χ4v) is 3.99. The van der Waals surface area contributed by atoms with Gasteiger partial charge in [0.15, 0.2) is 0 Å². The van der Waals surface area contributed by atoms with Gasteiger partial charge in [-0.2, -0.15) is 22.0 Å². The number of alkyl halides is 5. The van der Waals surface area contributed by atoms with Crippen LogP contribution in [0.1, 0.15) is 59.2 Å². The lowest BCUT2D eigenvalue weighted by atomic mass is 10.1. The topological polar surface area (TPSA) is 114 Å². The molecule has 0 unspecified atom stereocenters. The van der Waals surface area contributed by atoms with Gasteiger partial charge in [-0.3, -0.25) is 0 Å². The Morgan fingerprint density at radius 3 is 1.93 bits per heavy atom. The van der Waals surface area contributed by atoms with Crippen molar-refractivity contribution in [2.45, 2.75) is 50.8 Å². The third-order valence-corrected chi connectivity index (χ3v) is 6.25. The molecule has 0 spiro atoms. The van der Waals surface area contributed by atoms with E-state index in [0.29, 0.717) is 35.3 Å². The molecule has 3 aromatic carbocycles. The summed E-state index contributed by atoms with van der Waals surface area (Å²) in [6.45, 7) is 0.440. The summed E-state index contributed by atoms with van der Waals surface area (Å²) in [7, 11) is 0. The van der Waals surface area contributed by atoms with E-state index in [0.717, 1.165) is 25.0 Å². The molecule has 0 radical (unpaired) electrons. The van der Waals surface area contributed by atoms with E-state index in [4.69, 9.17) is 25.7 Å². The summed E-state index contributed by atoms with van der Waals surface area (Å²) in [5.74, 6) is -1.20. The number of unbranched alkanes of at least 4 members (excludes halogenated alkanes) is 3. The molecule has 236 valence electrons. The van der Waals surface area contributed by atoms with Gasteiger partial charge in [0, 0.05) is 23.9 Å². The zero-order chi connectivity index (χ0) is 32.2. The minimum Gasteiger partial charge on any atom is -0.463 e. The molecular formula is C32H33F5N2O5. The standard InChI is InChI=1S/C32H33F5N2O5/c33-31(34,35)16-15-23-5-10-25(11-6-23)32(36,37)44-28-12-7-22(8-13-28)9-14-29(40)42-17-3-1-2-4-18-43-30(41)24-19-26(38)21-27(39)20-24/h5-14,19-21H,1-4,15-18,38-39H2. The Hall–Kier alpha value is -4.61. The molecule has 3 aromatic rings. The molecule has 0 saturated carbocycles. The quantitative estimate of drug-likeness (QED) is 0.0597. The van der Waals surface area contributed by atoms with Crippen molar-refractivity contribution in [3.05, 3.63) is 95.1 Å². The van der Waals surface area contributed by atoms with Crippen LogP contribution in [0.2, 0.25) is 0 Å². The maximum absolute atomic E-state index is 14.6. The average Bonchev–Trinajstić information content (AvgIpc) is 2.96. The molecule has 0 aliphatic heterocycles. The molecule has 0 heterocycles. The van der Waals surface area contributed by atoms with E-state index in [2.05, 4.69) is 0 Å². The molecule has 0 fully saturated rings. The number of halogens is 5. The normalized spacial score (nSPS) is 11.8. The molecule has 44 heavy (non-hydrogen) atoms. The van der Waals surface area contributed by atoms with Crippen LogP contribution < -0.4 is 16.2 Å². The van der Waals surface area contributed by atoms with Crippen molar-refractivity contribution in [3.63, 3.8) is 0 Å². The molecular weight excluding hydrogens is 587 g/mol. The van der Waals surface area contributed by atoms with E-state index in [9.17, 15) is 31.5 Å². The van der Waals surface area contributed by atoms with Crippen LogP contribution in [0.15, 0.2) is 72.8 Å². The molecule has 0 aliphatic rings. The van der Waals surface area contributed by atoms with Gasteiger partial charge >= 0.3 is 24.2 Å². The van der Waals surface area contributed by atoms with Crippen LogP contribution in [0.5, 0.6) is 5.75 Å². The second kappa shape index (κ2) is 15.7. The molecule has 0 amide bonds. The highest BCUT2D eigenvalue weighted by atomic mass is 19.4. The summed E-state index contributed by atoms with van der Waals surface area (Å²) in [4.78, 5) is 24.0. The van der Waals surface area contributed by atoms with Crippen molar-refractivity contribution in [2.75, 3.05) is 24.7 Å². The van der Waals surface area contributed by atoms with Gasteiger partial charge in [0.25, 0.3) is 0 Å². The second-order valence-electron chi connectivity index (χ2n) is 9.94. The molecule has 0 aliphatic carbocycles. The van der Waals surface area contributed by atoms with Crippen molar-refractivity contribution < 1.29 is 45.8 Å². The first-order chi connectivity index (χ1) is 20.8. The fourth-order valence-electron chi connectivity index (χ4n) is 3.99. The molecule has 0 aromatic heterocycles. The fraction of sp³-hybridized carbons (Fsp3) is 0.312. The largest absolute Gasteiger partial charge is 0.463 e. The minimum absolute atomic E-state index is 0.139. The molecule has 0 bridgehead atoms. The Balaban J connectivity index is 1.32. The molecule has 12 heteroatoms. The molecule has 0 atom stereocenters. The predicted octanol–water partition coefficient (Wildman–Crippen LogP) is 7.45. The third kappa shape index (κ3) is 11.9. The van der Waals surface area contributed by atoms with Gasteiger partial charge in [-0.1, -0.05) is 24.3 Å². The van der Waals surface area contributed by atoms with Gasteiger partial charge in [0.1, 0.15) is 5.75 Å². The van der Waals surface area contributed by atoms with E-state index in [1.54, 1.807) is 6.07 Å². The number of carbonyl (C=O) groups is 2. The number of nitrogens with two attached hydrogens (primary N) is 2. The Morgan fingerprint density at radius 1 is 0.750 bits per heavy atom. The van der Waals surface area contributed by atoms with Gasteiger partial charge in [0.05, 0.1) is 24.3 Å². The number of esters is 2. The van der Waals surface area contributed by atoms with Gasteiger partial charge < -0.3 is 25.7 Å². The number of anilines is 2. The monoisotopic (exact) mass is 620 g/mol. The third-order valence-electron chi connectivity index (χ3n) is 6.25. The Morgan fingerprint density at radius 2 is 1.34 bits per heavy atom. The summed E-state index contributed by atoms with van der Waals surface area (Å²) >= 11 is 0. The average molecular weight is 621 g/mol. The summed E-state index contributed by atoms with van der Waals surface area (Å²) in [6, 6.07) is 14.6. The van der Waals surface area contributed by atoms with Crippen LogP contribution in [0.25, 0.3) is 6.08 Å². The number of hydrogen-bond donors (Lipinski definition) is 2. The number of carbonyl (C=O) groups excluding carboxylic acids is 2. The van der Waals surface area contributed by atoms with Gasteiger partial charge in [-0.15, -0.1) is 0 Å². The Labute approximate surface area is 251 Å². The number of aryl methyl sites for hydroxylation is 1. The minimum atomic E-state index is -4.33.